The molecule has 0 spiro atoms. The Kier molecular flexibility index (Phi) is 30.9. The highest BCUT2D eigenvalue weighted by molar-refractivity contribution is 5.98. The van der Waals surface area contributed by atoms with Gasteiger partial charge in [-0.15, -0.1) is 0 Å². The lowest BCUT2D eigenvalue weighted by molar-refractivity contribution is -0.143. The standard InChI is InChI=1S/C47H86N14O12/c1-23(2)18-28(48)39(65)56-31(14-16-36(50)63)42(68)57-29(12-11-17-53-47(51)52)41(67)59-34(21-26(7)8)44(70)60-33(20-25(5)6)43(69)58-30(13-15-35(49)62)40(66)54-22-37(64)55-32(19-24(3)4)45(71)61-38(27(9)10)46(72)73/h23-34,38H,11-22,48H2,1-10H3,(H2,49,62)(H2,50,63)(H,54,66)(H,55,64)(H,56,65)(H,57,68)(H,58,69)(H,59,67)(H,60,70)(H,61,71)(H,72,73)(H4,51,52,53)/t28-,29-,30-,31-,32-,33-,34-,38-/m0/s1. The Morgan fingerprint density at radius 3 is 1.19 bits per heavy atom. The Hall–Kier alpha value is -6.60. The first kappa shape index (κ1) is 66.4. The highest BCUT2D eigenvalue weighted by Crippen LogP contribution is 2.13. The van der Waals surface area contributed by atoms with Gasteiger partial charge in [0.2, 0.25) is 59.1 Å². The van der Waals surface area contributed by atoms with E-state index in [0.717, 1.165) is 0 Å². The van der Waals surface area contributed by atoms with E-state index in [4.69, 9.17) is 28.3 Å². The second-order valence-corrected chi connectivity index (χ2v) is 20.3. The number of carboxylic acid groups (broad SMARTS) is 1. The van der Waals surface area contributed by atoms with Crippen LogP contribution in [0.2, 0.25) is 0 Å². The molecular weight excluding hydrogens is 953 g/mol. The number of primary amides is 2. The summed E-state index contributed by atoms with van der Waals surface area (Å²) < 4.78 is 0. The van der Waals surface area contributed by atoms with Crippen LogP contribution < -0.4 is 70.8 Å². The third kappa shape index (κ3) is 28.9. The molecule has 26 heteroatoms. The van der Waals surface area contributed by atoms with Crippen molar-refractivity contribution >= 4 is 71.0 Å². The molecule has 416 valence electrons. The van der Waals surface area contributed by atoms with Crippen molar-refractivity contribution in [1.82, 2.24) is 47.9 Å². The maximum atomic E-state index is 14.2. The number of nitrogens with one attached hydrogen (secondary N) is 10. The molecule has 0 aliphatic carbocycles. The Morgan fingerprint density at radius 1 is 0.452 bits per heavy atom. The van der Waals surface area contributed by atoms with Crippen LogP contribution in [0.25, 0.3) is 0 Å². The molecule has 0 bridgehead atoms. The van der Waals surface area contributed by atoms with Crippen LogP contribution >= 0.6 is 0 Å². The topological polar surface area (TPSA) is 444 Å². The Balaban J connectivity index is 6.58. The van der Waals surface area contributed by atoms with Gasteiger partial charge in [0, 0.05) is 19.4 Å². The fourth-order valence-corrected chi connectivity index (χ4v) is 7.30. The lowest BCUT2D eigenvalue weighted by Crippen LogP contribution is -2.60. The molecule has 0 unspecified atom stereocenters. The second kappa shape index (κ2) is 33.9. The molecule has 0 heterocycles. The minimum absolute atomic E-state index is 0.0202. The quantitative estimate of drug-likeness (QED) is 0.0176. The van der Waals surface area contributed by atoms with E-state index in [0.29, 0.717) is 0 Å². The van der Waals surface area contributed by atoms with Crippen molar-refractivity contribution in [3.05, 3.63) is 0 Å². The number of amides is 10. The monoisotopic (exact) mass is 1040 g/mol. The van der Waals surface area contributed by atoms with Crippen molar-refractivity contribution in [3.8, 4) is 0 Å². The predicted molar refractivity (Wildman–Crippen MR) is 271 cm³/mol. The first-order valence-corrected chi connectivity index (χ1v) is 24.9. The van der Waals surface area contributed by atoms with Crippen LogP contribution in [0.15, 0.2) is 0 Å². The van der Waals surface area contributed by atoms with Crippen LogP contribution in [0.4, 0.5) is 0 Å². The van der Waals surface area contributed by atoms with Crippen LogP contribution in [-0.4, -0.2) is 138 Å². The number of carbonyl (C=O) groups is 11. The molecule has 0 fully saturated rings. The molecule has 10 amide bonds. The van der Waals surface area contributed by atoms with E-state index in [1.54, 1.807) is 55.4 Å². The summed E-state index contributed by atoms with van der Waals surface area (Å²) in [5, 5.41) is 40.0. The fraction of sp³-hybridized carbons (Fsp3) is 0.745. The molecule has 0 aromatic carbocycles. The zero-order valence-electron chi connectivity index (χ0n) is 44.2. The summed E-state index contributed by atoms with van der Waals surface area (Å²) in [4.78, 5) is 144. The summed E-state index contributed by atoms with van der Waals surface area (Å²) >= 11 is 0. The number of carboxylic acids is 1. The van der Waals surface area contributed by atoms with Gasteiger partial charge in [0.05, 0.1) is 12.6 Å². The minimum atomic E-state index is -1.47. The number of guanidine groups is 1. The first-order chi connectivity index (χ1) is 33.8. The molecule has 8 atom stereocenters. The van der Waals surface area contributed by atoms with Gasteiger partial charge in [-0.2, -0.15) is 0 Å². The van der Waals surface area contributed by atoms with Gasteiger partial charge in [0.15, 0.2) is 5.96 Å². The van der Waals surface area contributed by atoms with E-state index in [2.05, 4.69) is 47.9 Å². The lowest BCUT2D eigenvalue weighted by atomic mass is 9.99. The number of rotatable bonds is 36. The van der Waals surface area contributed by atoms with Crippen LogP contribution in [0.3, 0.4) is 0 Å². The number of carbonyl (C=O) groups excluding carboxylic acids is 10. The molecule has 0 aromatic heterocycles. The van der Waals surface area contributed by atoms with E-state index < -0.39 is 126 Å². The number of hydrogen-bond donors (Lipinski definition) is 15. The largest absolute Gasteiger partial charge is 0.480 e. The molecule has 0 rings (SSSR count). The molecule has 0 saturated heterocycles. The van der Waals surface area contributed by atoms with Gasteiger partial charge in [-0.25, -0.2) is 4.79 Å². The zero-order chi connectivity index (χ0) is 56.3. The summed E-state index contributed by atoms with van der Waals surface area (Å²) in [6.45, 7) is 17.0. The van der Waals surface area contributed by atoms with Gasteiger partial charge in [-0.05, 0) is 81.0 Å². The van der Waals surface area contributed by atoms with Crippen molar-refractivity contribution in [2.75, 3.05) is 13.1 Å². The maximum Gasteiger partial charge on any atom is 0.326 e. The summed E-state index contributed by atoms with van der Waals surface area (Å²) in [6, 6.07) is -10.2. The summed E-state index contributed by atoms with van der Waals surface area (Å²) in [7, 11) is 0. The van der Waals surface area contributed by atoms with Gasteiger partial charge in [-0.3, -0.25) is 53.4 Å². The number of hydrogen-bond acceptors (Lipinski definition) is 13. The normalized spacial score (nSPS) is 14.6. The summed E-state index contributed by atoms with van der Waals surface area (Å²) in [5.74, 6) is -10.7. The van der Waals surface area contributed by atoms with E-state index in [1.165, 1.54) is 0 Å². The van der Waals surface area contributed by atoms with Crippen LogP contribution in [0, 0.1) is 35.0 Å². The third-order valence-electron chi connectivity index (χ3n) is 11.0. The lowest BCUT2D eigenvalue weighted by Gasteiger charge is -2.28. The van der Waals surface area contributed by atoms with Crippen molar-refractivity contribution in [2.24, 2.45) is 52.5 Å². The van der Waals surface area contributed by atoms with Crippen LogP contribution in [0.5, 0.6) is 0 Å². The second-order valence-electron chi connectivity index (χ2n) is 20.3. The molecule has 0 aliphatic rings. The van der Waals surface area contributed by atoms with Gasteiger partial charge < -0.3 is 75.9 Å². The Labute approximate surface area is 428 Å². The molecule has 26 nitrogen and oxygen atoms in total. The van der Waals surface area contributed by atoms with E-state index in [-0.39, 0.29) is 100 Å². The maximum absolute atomic E-state index is 14.2. The Morgan fingerprint density at radius 2 is 0.808 bits per heavy atom. The number of aliphatic carboxylic acids is 1. The minimum Gasteiger partial charge on any atom is -0.480 e. The third-order valence-corrected chi connectivity index (χ3v) is 11.0. The highest BCUT2D eigenvalue weighted by Gasteiger charge is 2.35. The van der Waals surface area contributed by atoms with Crippen molar-refractivity contribution in [2.45, 2.75) is 182 Å². The SMILES string of the molecule is CC(C)C[C@H](NC(=O)CNC(=O)[C@H](CCC(N)=O)NC(=O)[C@H](CC(C)C)NC(=O)[C@H](CC(C)C)NC(=O)[C@H](CCCNC(=N)N)NC(=O)[C@H](CCC(N)=O)NC(=O)[C@@H](N)CC(C)C)C(=O)N[C@H](C(=O)O)C(C)C. The van der Waals surface area contributed by atoms with Gasteiger partial charge in [-0.1, -0.05) is 69.2 Å². The van der Waals surface area contributed by atoms with Crippen molar-refractivity contribution in [1.29, 1.82) is 5.41 Å². The predicted octanol–water partition coefficient (Wildman–Crippen LogP) is -2.46. The van der Waals surface area contributed by atoms with Crippen molar-refractivity contribution in [3.63, 3.8) is 0 Å². The molecule has 0 radical (unpaired) electrons. The summed E-state index contributed by atoms with van der Waals surface area (Å²) in [5.41, 5.74) is 22.2. The van der Waals surface area contributed by atoms with Gasteiger partial charge in [0.1, 0.15) is 42.3 Å². The molecule has 73 heavy (non-hydrogen) atoms. The molecule has 0 saturated carbocycles. The zero-order valence-corrected chi connectivity index (χ0v) is 44.2. The van der Waals surface area contributed by atoms with E-state index in [1.807, 2.05) is 13.8 Å². The van der Waals surface area contributed by atoms with Gasteiger partial charge >= 0.3 is 5.97 Å². The average molecular weight is 1040 g/mol. The smallest absolute Gasteiger partial charge is 0.326 e. The molecular formula is C47H86N14O12. The molecule has 19 N–H and O–H groups in total. The number of nitrogens with two attached hydrogens (primary N) is 4. The van der Waals surface area contributed by atoms with E-state index >= 15 is 0 Å². The molecule has 0 aliphatic heterocycles. The van der Waals surface area contributed by atoms with Crippen molar-refractivity contribution < 1.29 is 57.8 Å². The summed E-state index contributed by atoms with van der Waals surface area (Å²) in [6.07, 6.45) is -0.642. The first-order valence-electron chi connectivity index (χ1n) is 24.9. The average Bonchev–Trinajstić information content (AvgIpc) is 3.26. The van der Waals surface area contributed by atoms with Gasteiger partial charge in [0.25, 0.3) is 0 Å². The highest BCUT2D eigenvalue weighted by atomic mass is 16.4. The van der Waals surface area contributed by atoms with E-state index in [9.17, 15) is 57.8 Å². The van der Waals surface area contributed by atoms with Crippen LogP contribution in [0.1, 0.15) is 133 Å². The van der Waals surface area contributed by atoms with Crippen LogP contribution in [-0.2, 0) is 52.7 Å². The Bertz CT molecular complexity index is 1900. The fourth-order valence-electron chi connectivity index (χ4n) is 7.30. The molecule has 0 aromatic rings.